The molecule has 9 heteroatoms. The van der Waals surface area contributed by atoms with E-state index in [4.69, 9.17) is 9.47 Å². The molecule has 0 aliphatic carbocycles. The number of hydrogen-bond acceptors (Lipinski definition) is 6. The average Bonchev–Trinajstić information content (AvgIpc) is 3.30. The van der Waals surface area contributed by atoms with Crippen LogP contribution >= 0.6 is 11.8 Å². The number of benzene rings is 3. The van der Waals surface area contributed by atoms with Crippen LogP contribution in [0.4, 0.5) is 0 Å². The second-order valence-corrected chi connectivity index (χ2v) is 8.23. The van der Waals surface area contributed by atoms with E-state index in [0.29, 0.717) is 17.9 Å². The highest BCUT2D eigenvalue weighted by molar-refractivity contribution is 7.98. The number of hydrazine groups is 1. The van der Waals surface area contributed by atoms with Crippen LogP contribution in [0.25, 0.3) is 11.0 Å². The number of ether oxygens (including phenoxy) is 2. The van der Waals surface area contributed by atoms with Gasteiger partial charge < -0.3 is 14.5 Å². The minimum absolute atomic E-state index is 0.184. The first-order chi connectivity index (χ1) is 16.7. The number of hydrogen-bond donors (Lipinski definition) is 3. The van der Waals surface area contributed by atoms with Crippen LogP contribution in [0.15, 0.2) is 84.0 Å². The van der Waals surface area contributed by atoms with Gasteiger partial charge in [-0.1, -0.05) is 54.2 Å². The van der Waals surface area contributed by atoms with Crippen LogP contribution in [-0.4, -0.2) is 41.6 Å². The molecule has 1 heterocycles. The number of H-pyrrole nitrogens is 1. The van der Waals surface area contributed by atoms with Crippen molar-refractivity contribution in [2.75, 3.05) is 19.8 Å². The van der Waals surface area contributed by atoms with Gasteiger partial charge in [0.05, 0.1) is 17.6 Å². The molecule has 3 N–H and O–H groups in total. The molecule has 4 aromatic rings. The van der Waals surface area contributed by atoms with Crippen molar-refractivity contribution in [2.24, 2.45) is 0 Å². The van der Waals surface area contributed by atoms with Gasteiger partial charge in [-0.05, 0) is 42.0 Å². The normalized spacial score (nSPS) is 10.7. The molecule has 0 aliphatic rings. The second-order valence-electron chi connectivity index (χ2n) is 7.26. The van der Waals surface area contributed by atoms with Crippen LogP contribution in [0, 0.1) is 0 Å². The molecule has 0 aliphatic heterocycles. The molecule has 2 amide bonds. The van der Waals surface area contributed by atoms with Crippen LogP contribution in [0.1, 0.15) is 15.9 Å². The van der Waals surface area contributed by atoms with Crippen LogP contribution in [0.3, 0.4) is 0 Å². The number of carbonyl (C=O) groups is 2. The Morgan fingerprint density at radius 1 is 0.882 bits per heavy atom. The monoisotopic (exact) mass is 476 g/mol. The van der Waals surface area contributed by atoms with Gasteiger partial charge in [0.15, 0.2) is 5.16 Å². The number of rotatable bonds is 10. The van der Waals surface area contributed by atoms with Crippen molar-refractivity contribution < 1.29 is 19.1 Å². The molecule has 0 saturated carbocycles. The number of amides is 2. The van der Waals surface area contributed by atoms with Gasteiger partial charge in [-0.3, -0.25) is 20.4 Å². The summed E-state index contributed by atoms with van der Waals surface area (Å²) in [6, 6.07) is 24.4. The summed E-state index contributed by atoms with van der Waals surface area (Å²) in [4.78, 5) is 31.9. The standard InChI is InChI=1S/C25H24N4O4S/c30-23(16-32-14-15-33-20-6-2-1-3-7-20)28-29-24(31)19-12-10-18(11-13-19)17-34-25-26-21-8-4-5-9-22(21)27-25/h1-13H,14-17H2,(H,26,27)(H,28,30)(H,29,31). The van der Waals surface area contributed by atoms with E-state index in [1.54, 1.807) is 23.9 Å². The molecule has 4 rings (SSSR count). The van der Waals surface area contributed by atoms with E-state index in [1.807, 2.05) is 66.7 Å². The average molecular weight is 477 g/mol. The topological polar surface area (TPSA) is 105 Å². The zero-order valence-corrected chi connectivity index (χ0v) is 19.1. The van der Waals surface area contributed by atoms with Crippen molar-refractivity contribution in [3.8, 4) is 5.75 Å². The molecule has 8 nitrogen and oxygen atoms in total. The Morgan fingerprint density at radius 3 is 2.44 bits per heavy atom. The summed E-state index contributed by atoms with van der Waals surface area (Å²) in [5.74, 6) is 0.593. The zero-order valence-electron chi connectivity index (χ0n) is 18.3. The Balaban J connectivity index is 1.13. The molecule has 3 aromatic carbocycles. The van der Waals surface area contributed by atoms with Crippen molar-refractivity contribution >= 4 is 34.6 Å². The van der Waals surface area contributed by atoms with E-state index in [0.717, 1.165) is 27.5 Å². The number of nitrogens with one attached hydrogen (secondary N) is 3. The molecule has 34 heavy (non-hydrogen) atoms. The Labute approximate surface area is 201 Å². The molecular formula is C25H24N4O4S. The highest BCUT2D eigenvalue weighted by Gasteiger charge is 2.09. The first-order valence-electron chi connectivity index (χ1n) is 10.7. The number of aromatic nitrogens is 2. The Morgan fingerprint density at radius 2 is 1.65 bits per heavy atom. The van der Waals surface area contributed by atoms with Crippen LogP contribution in [-0.2, 0) is 15.3 Å². The number of fused-ring (bicyclic) bond motifs is 1. The Bertz CT molecular complexity index is 1200. The van der Waals surface area contributed by atoms with E-state index >= 15 is 0 Å². The summed E-state index contributed by atoms with van der Waals surface area (Å²) in [5.41, 5.74) is 8.16. The number of nitrogens with zero attached hydrogens (tertiary/aromatic N) is 1. The van der Waals surface area contributed by atoms with Crippen molar-refractivity contribution in [2.45, 2.75) is 10.9 Å². The van der Waals surface area contributed by atoms with Crippen molar-refractivity contribution in [1.82, 2.24) is 20.8 Å². The lowest BCUT2D eigenvalue weighted by Crippen LogP contribution is -2.43. The fraction of sp³-hybridized carbons (Fsp3) is 0.160. The summed E-state index contributed by atoms with van der Waals surface area (Å²) in [6.45, 7) is 0.394. The third-order valence-electron chi connectivity index (χ3n) is 4.75. The van der Waals surface area contributed by atoms with Gasteiger partial charge in [0.25, 0.3) is 11.8 Å². The van der Waals surface area contributed by atoms with Gasteiger partial charge >= 0.3 is 0 Å². The third-order valence-corrected chi connectivity index (χ3v) is 5.69. The van der Waals surface area contributed by atoms with Crippen molar-refractivity contribution in [3.63, 3.8) is 0 Å². The van der Waals surface area contributed by atoms with Gasteiger partial charge in [0.2, 0.25) is 0 Å². The second kappa shape index (κ2) is 11.9. The van der Waals surface area contributed by atoms with Gasteiger partial charge in [-0.25, -0.2) is 4.98 Å². The van der Waals surface area contributed by atoms with Gasteiger partial charge in [0.1, 0.15) is 19.0 Å². The van der Waals surface area contributed by atoms with E-state index < -0.39 is 11.8 Å². The largest absolute Gasteiger partial charge is 0.491 e. The lowest BCUT2D eigenvalue weighted by molar-refractivity contribution is -0.126. The number of carbonyl (C=O) groups excluding carboxylic acids is 2. The minimum atomic E-state index is -0.452. The van der Waals surface area contributed by atoms with E-state index in [9.17, 15) is 9.59 Å². The number of thioether (sulfide) groups is 1. The maximum absolute atomic E-state index is 12.3. The van der Waals surface area contributed by atoms with Crippen LogP contribution in [0.5, 0.6) is 5.75 Å². The third kappa shape index (κ3) is 6.84. The predicted molar refractivity (Wildman–Crippen MR) is 130 cm³/mol. The quantitative estimate of drug-likeness (QED) is 0.183. The molecule has 0 radical (unpaired) electrons. The Kier molecular flexibility index (Phi) is 8.15. The molecule has 0 spiro atoms. The smallest absolute Gasteiger partial charge is 0.269 e. The first-order valence-corrected chi connectivity index (χ1v) is 11.7. The van der Waals surface area contributed by atoms with Crippen molar-refractivity contribution in [1.29, 1.82) is 0 Å². The molecule has 0 fully saturated rings. The number of para-hydroxylation sites is 3. The van der Waals surface area contributed by atoms with E-state index in [-0.39, 0.29) is 13.2 Å². The summed E-state index contributed by atoms with van der Waals surface area (Å²) in [6.07, 6.45) is 0. The van der Waals surface area contributed by atoms with Gasteiger partial charge in [0, 0.05) is 11.3 Å². The molecule has 174 valence electrons. The first kappa shape index (κ1) is 23.3. The van der Waals surface area contributed by atoms with Gasteiger partial charge in [-0.15, -0.1) is 0 Å². The van der Waals surface area contributed by atoms with Crippen molar-refractivity contribution in [3.05, 3.63) is 90.0 Å². The van der Waals surface area contributed by atoms with Crippen LogP contribution < -0.4 is 15.6 Å². The maximum atomic E-state index is 12.3. The fourth-order valence-electron chi connectivity index (χ4n) is 3.04. The minimum Gasteiger partial charge on any atom is -0.491 e. The highest BCUT2D eigenvalue weighted by Crippen LogP contribution is 2.23. The predicted octanol–water partition coefficient (Wildman–Crippen LogP) is 3.71. The highest BCUT2D eigenvalue weighted by atomic mass is 32.2. The number of imidazole rings is 1. The van der Waals surface area contributed by atoms with E-state index in [1.165, 1.54) is 0 Å². The Hall–Kier alpha value is -3.82. The fourth-order valence-corrected chi connectivity index (χ4v) is 3.88. The van der Waals surface area contributed by atoms with Crippen LogP contribution in [0.2, 0.25) is 0 Å². The lowest BCUT2D eigenvalue weighted by atomic mass is 10.1. The molecule has 0 atom stereocenters. The van der Waals surface area contributed by atoms with Gasteiger partial charge in [-0.2, -0.15) is 0 Å². The summed E-state index contributed by atoms with van der Waals surface area (Å²) < 4.78 is 10.7. The SMILES string of the molecule is O=C(COCCOc1ccccc1)NNC(=O)c1ccc(CSc2nc3ccccc3[nH]2)cc1. The van der Waals surface area contributed by atoms with E-state index in [2.05, 4.69) is 20.8 Å². The molecular weight excluding hydrogens is 452 g/mol. The summed E-state index contributed by atoms with van der Waals surface area (Å²) >= 11 is 1.59. The molecule has 0 saturated heterocycles. The lowest BCUT2D eigenvalue weighted by Gasteiger charge is -2.09. The molecule has 1 aromatic heterocycles. The molecule has 0 unspecified atom stereocenters. The molecule has 0 bridgehead atoms. The summed E-state index contributed by atoms with van der Waals surface area (Å²) in [7, 11) is 0. The maximum Gasteiger partial charge on any atom is 0.269 e. The zero-order chi connectivity index (χ0) is 23.6. The summed E-state index contributed by atoms with van der Waals surface area (Å²) in [5, 5.41) is 0.847. The number of aromatic amines is 1.